The second-order valence-electron chi connectivity index (χ2n) is 5.38. The summed E-state index contributed by atoms with van der Waals surface area (Å²) in [7, 11) is 0. The zero-order valence-corrected chi connectivity index (χ0v) is 14.3. The number of nitrogens with one attached hydrogen (secondary N) is 1. The van der Waals surface area contributed by atoms with Gasteiger partial charge in [-0.1, -0.05) is 23.7 Å². The highest BCUT2D eigenvalue weighted by Crippen LogP contribution is 2.25. The normalized spacial score (nSPS) is 11.8. The fourth-order valence-corrected chi connectivity index (χ4v) is 2.37. The van der Waals surface area contributed by atoms with E-state index < -0.39 is 17.6 Å². The van der Waals surface area contributed by atoms with Crippen LogP contribution in [0.15, 0.2) is 60.8 Å². The molecule has 0 saturated heterocycles. The van der Waals surface area contributed by atoms with Crippen LogP contribution in [0, 0.1) is 6.92 Å². The van der Waals surface area contributed by atoms with E-state index >= 15 is 0 Å². The number of benzene rings is 1. The molecule has 0 atom stereocenters. The van der Waals surface area contributed by atoms with Crippen molar-refractivity contribution in [3.63, 3.8) is 0 Å². The molecule has 0 aliphatic heterocycles. The van der Waals surface area contributed by atoms with Gasteiger partial charge < -0.3 is 5.32 Å². The van der Waals surface area contributed by atoms with Gasteiger partial charge in [-0.05, 0) is 31.2 Å². The van der Waals surface area contributed by atoms with Crippen LogP contribution >= 0.6 is 11.6 Å². The zero-order valence-electron chi connectivity index (χ0n) is 13.6. The summed E-state index contributed by atoms with van der Waals surface area (Å²) in [5, 5.41) is 6.88. The molecule has 132 valence electrons. The number of aryl methyl sites for hydroxylation is 1. The van der Waals surface area contributed by atoms with Crippen LogP contribution in [0.2, 0.25) is 5.02 Å². The Morgan fingerprint density at radius 1 is 1.12 bits per heavy atom. The Kier molecular flexibility index (Phi) is 5.09. The van der Waals surface area contributed by atoms with Crippen LogP contribution in [0.5, 0.6) is 0 Å². The molecule has 8 heteroatoms. The van der Waals surface area contributed by atoms with Crippen LogP contribution < -0.4 is 5.32 Å². The van der Waals surface area contributed by atoms with Crippen molar-refractivity contribution in [3.05, 3.63) is 77.0 Å². The summed E-state index contributed by atoms with van der Waals surface area (Å²) in [5.41, 5.74) is 1.13. The average Bonchev–Trinajstić information content (AvgIpc) is 3.02. The van der Waals surface area contributed by atoms with Gasteiger partial charge in [-0.2, -0.15) is 9.49 Å². The number of carbonyl (C=O) groups is 1. The lowest BCUT2D eigenvalue weighted by Gasteiger charge is -2.09. The van der Waals surface area contributed by atoms with Gasteiger partial charge in [0.2, 0.25) is 5.83 Å². The van der Waals surface area contributed by atoms with E-state index in [1.54, 1.807) is 31.5 Å². The van der Waals surface area contributed by atoms with Crippen molar-refractivity contribution in [1.29, 1.82) is 0 Å². The first-order valence-corrected chi connectivity index (χ1v) is 7.92. The van der Waals surface area contributed by atoms with Crippen molar-refractivity contribution >= 4 is 29.2 Å². The fraction of sp³-hybridized carbons (Fsp3) is 0.0556. The third-order valence-electron chi connectivity index (χ3n) is 3.58. The van der Waals surface area contributed by atoms with Crippen molar-refractivity contribution in [2.45, 2.75) is 6.92 Å². The second-order valence-corrected chi connectivity index (χ2v) is 5.82. The molecule has 2 heterocycles. The molecule has 0 spiro atoms. The van der Waals surface area contributed by atoms with Crippen LogP contribution in [0.3, 0.4) is 0 Å². The van der Waals surface area contributed by atoms with Gasteiger partial charge >= 0.3 is 0 Å². The van der Waals surface area contributed by atoms with E-state index in [1.807, 2.05) is 0 Å². The monoisotopic (exact) mass is 374 g/mol. The molecule has 3 rings (SSSR count). The number of hydrogen-bond acceptors (Lipinski definition) is 3. The Labute approximate surface area is 152 Å². The minimum absolute atomic E-state index is 0.0820. The number of anilines is 1. The third kappa shape index (κ3) is 3.62. The summed E-state index contributed by atoms with van der Waals surface area (Å²) in [4.78, 5) is 16.1. The summed E-state index contributed by atoms with van der Waals surface area (Å²) in [6.45, 7) is 1.69. The first kappa shape index (κ1) is 17.8. The molecule has 26 heavy (non-hydrogen) atoms. The van der Waals surface area contributed by atoms with E-state index in [1.165, 1.54) is 35.1 Å². The number of amides is 1. The topological polar surface area (TPSA) is 59.8 Å². The molecule has 0 bridgehead atoms. The van der Waals surface area contributed by atoms with Crippen molar-refractivity contribution in [2.24, 2.45) is 0 Å². The summed E-state index contributed by atoms with van der Waals surface area (Å²) >= 11 is 5.72. The lowest BCUT2D eigenvalue weighted by molar-refractivity contribution is -0.114. The maximum Gasteiger partial charge on any atom is 0.288 e. The molecule has 1 N–H and O–H groups in total. The number of halogens is 3. The molecule has 1 amide bonds. The Morgan fingerprint density at radius 2 is 1.77 bits per heavy atom. The zero-order chi connectivity index (χ0) is 18.7. The molecule has 5 nitrogen and oxygen atoms in total. The van der Waals surface area contributed by atoms with Crippen molar-refractivity contribution in [2.75, 3.05) is 5.32 Å². The van der Waals surface area contributed by atoms with Gasteiger partial charge in [0.25, 0.3) is 5.91 Å². The van der Waals surface area contributed by atoms with Gasteiger partial charge in [-0.15, -0.1) is 0 Å². The SMILES string of the molecule is Cc1cnn(-c2ccncc2)c1NC(=O)/C(F)=C(\F)c1ccc(Cl)cc1. The van der Waals surface area contributed by atoms with E-state index in [4.69, 9.17) is 11.6 Å². The summed E-state index contributed by atoms with van der Waals surface area (Å²) < 4.78 is 29.9. The predicted octanol–water partition coefficient (Wildman–Crippen LogP) is 4.48. The second kappa shape index (κ2) is 7.45. The van der Waals surface area contributed by atoms with Crippen molar-refractivity contribution < 1.29 is 13.6 Å². The summed E-state index contributed by atoms with van der Waals surface area (Å²) in [6.07, 6.45) is 4.62. The van der Waals surface area contributed by atoms with Gasteiger partial charge in [-0.3, -0.25) is 9.78 Å². The number of nitrogens with zero attached hydrogens (tertiary/aromatic N) is 3. The first-order valence-electron chi connectivity index (χ1n) is 7.55. The molecule has 2 aromatic heterocycles. The molecular formula is C18H13ClF2N4O. The molecule has 0 unspecified atom stereocenters. The largest absolute Gasteiger partial charge is 0.304 e. The number of hydrogen-bond donors (Lipinski definition) is 1. The van der Waals surface area contributed by atoms with E-state index in [-0.39, 0.29) is 11.4 Å². The van der Waals surface area contributed by atoms with Gasteiger partial charge in [0, 0.05) is 28.5 Å². The number of rotatable bonds is 4. The highest BCUT2D eigenvalue weighted by Gasteiger charge is 2.20. The van der Waals surface area contributed by atoms with Crippen LogP contribution in [-0.2, 0) is 4.79 Å². The lowest BCUT2D eigenvalue weighted by atomic mass is 10.2. The number of pyridine rings is 1. The maximum absolute atomic E-state index is 14.3. The Hall–Kier alpha value is -3.06. The Balaban J connectivity index is 1.90. The summed E-state index contributed by atoms with van der Waals surface area (Å²) in [5.74, 6) is -3.78. The van der Waals surface area contributed by atoms with Crippen molar-refractivity contribution in [3.8, 4) is 5.69 Å². The Bertz CT molecular complexity index is 969. The molecule has 0 aliphatic carbocycles. The van der Waals surface area contributed by atoms with Crippen LogP contribution in [-0.4, -0.2) is 20.7 Å². The fourth-order valence-electron chi connectivity index (χ4n) is 2.25. The molecule has 3 aromatic rings. The number of aromatic nitrogens is 3. The standard InChI is InChI=1S/C18H13ClF2N4O/c1-11-10-23-25(14-6-8-22-9-7-14)17(11)24-18(26)16(21)15(20)12-2-4-13(19)5-3-12/h2-10H,1H3,(H,24,26)/b16-15+. The van der Waals surface area contributed by atoms with Gasteiger partial charge in [-0.25, -0.2) is 9.07 Å². The van der Waals surface area contributed by atoms with Crippen LogP contribution in [0.25, 0.3) is 11.5 Å². The van der Waals surface area contributed by atoms with Crippen LogP contribution in [0.1, 0.15) is 11.1 Å². The third-order valence-corrected chi connectivity index (χ3v) is 3.83. The number of carbonyl (C=O) groups excluding carboxylic acids is 1. The molecule has 0 aliphatic rings. The van der Waals surface area contributed by atoms with E-state index in [9.17, 15) is 13.6 Å². The highest BCUT2D eigenvalue weighted by atomic mass is 35.5. The lowest BCUT2D eigenvalue weighted by Crippen LogP contribution is -2.16. The highest BCUT2D eigenvalue weighted by molar-refractivity contribution is 6.30. The first-order chi connectivity index (χ1) is 12.5. The minimum Gasteiger partial charge on any atom is -0.304 e. The van der Waals surface area contributed by atoms with Gasteiger partial charge in [0.05, 0.1) is 11.9 Å². The molecule has 0 radical (unpaired) electrons. The van der Waals surface area contributed by atoms with Gasteiger partial charge in [0.15, 0.2) is 5.83 Å². The van der Waals surface area contributed by atoms with E-state index in [0.29, 0.717) is 16.3 Å². The Morgan fingerprint density at radius 3 is 2.42 bits per heavy atom. The van der Waals surface area contributed by atoms with Crippen molar-refractivity contribution in [1.82, 2.24) is 14.8 Å². The minimum atomic E-state index is -1.53. The molecular weight excluding hydrogens is 362 g/mol. The molecule has 0 saturated carbocycles. The van der Waals surface area contributed by atoms with Crippen LogP contribution in [0.4, 0.5) is 14.6 Å². The quantitative estimate of drug-likeness (QED) is 0.685. The van der Waals surface area contributed by atoms with E-state index in [0.717, 1.165) is 0 Å². The average molecular weight is 375 g/mol. The maximum atomic E-state index is 14.3. The molecule has 1 aromatic carbocycles. The predicted molar refractivity (Wildman–Crippen MR) is 95.3 cm³/mol. The molecule has 0 fully saturated rings. The summed E-state index contributed by atoms with van der Waals surface area (Å²) in [6, 6.07) is 8.73. The van der Waals surface area contributed by atoms with Gasteiger partial charge in [0.1, 0.15) is 5.82 Å². The van der Waals surface area contributed by atoms with E-state index in [2.05, 4.69) is 15.4 Å². The smallest absolute Gasteiger partial charge is 0.288 e.